The SMILES string of the molecule is O=[N+]([O-])c1ccccc1[N+](=O)[O-].c1ccc2cc3ccccc3cc2c1. The maximum atomic E-state index is 10.2. The van der Waals surface area contributed by atoms with Gasteiger partial charge in [-0.15, -0.1) is 0 Å². The molecular formula is C20H14N2O4. The first-order valence-corrected chi connectivity index (χ1v) is 7.81. The highest BCUT2D eigenvalue weighted by Crippen LogP contribution is 2.25. The Balaban J connectivity index is 0.000000153. The number of hydrogen-bond donors (Lipinski definition) is 0. The third-order valence-corrected chi connectivity index (χ3v) is 3.89. The van der Waals surface area contributed by atoms with Crippen LogP contribution in [0.2, 0.25) is 0 Å². The number of nitrogens with zero attached hydrogens (tertiary/aromatic N) is 2. The molecule has 6 nitrogen and oxygen atoms in total. The molecule has 0 atom stereocenters. The minimum Gasteiger partial charge on any atom is -0.258 e. The highest BCUT2D eigenvalue weighted by Gasteiger charge is 2.21. The van der Waals surface area contributed by atoms with Crippen LogP contribution in [-0.4, -0.2) is 9.85 Å². The van der Waals surface area contributed by atoms with Crippen molar-refractivity contribution in [1.29, 1.82) is 0 Å². The van der Waals surface area contributed by atoms with Crippen LogP contribution in [0.5, 0.6) is 0 Å². The van der Waals surface area contributed by atoms with Gasteiger partial charge in [-0.3, -0.25) is 20.2 Å². The van der Waals surface area contributed by atoms with E-state index in [9.17, 15) is 20.2 Å². The van der Waals surface area contributed by atoms with Crippen molar-refractivity contribution in [2.24, 2.45) is 0 Å². The first-order valence-electron chi connectivity index (χ1n) is 7.81. The van der Waals surface area contributed by atoms with E-state index < -0.39 is 21.2 Å². The summed E-state index contributed by atoms with van der Waals surface area (Å²) >= 11 is 0. The standard InChI is InChI=1S/C14H10.C6H4N2O4/c1-2-6-12-10-14-8-4-3-7-13(14)9-11(12)5-1;9-7(10)5-3-1-2-4-6(5)8(11)12/h1-10H;1-4H. The van der Waals surface area contributed by atoms with E-state index in [0.717, 1.165) is 12.1 Å². The molecule has 0 radical (unpaired) electrons. The Bertz CT molecular complexity index is 971. The molecule has 4 rings (SSSR count). The lowest BCUT2D eigenvalue weighted by atomic mass is 10.0. The second-order valence-corrected chi connectivity index (χ2v) is 5.55. The summed E-state index contributed by atoms with van der Waals surface area (Å²) in [5.41, 5.74) is -0.968. The number of para-hydroxylation sites is 2. The predicted octanol–water partition coefficient (Wildman–Crippen LogP) is 5.50. The molecule has 0 N–H and O–H groups in total. The Morgan fingerprint density at radius 1 is 0.500 bits per heavy atom. The van der Waals surface area contributed by atoms with Gasteiger partial charge in [0.25, 0.3) is 0 Å². The van der Waals surface area contributed by atoms with Crippen molar-refractivity contribution in [3.05, 3.63) is 105 Å². The molecule has 0 saturated carbocycles. The normalized spacial score (nSPS) is 10.2. The molecule has 0 heterocycles. The van der Waals surface area contributed by atoms with Gasteiger partial charge in [0, 0.05) is 12.1 Å². The number of fused-ring (bicyclic) bond motifs is 2. The zero-order valence-electron chi connectivity index (χ0n) is 13.6. The van der Waals surface area contributed by atoms with Crippen molar-refractivity contribution in [3.63, 3.8) is 0 Å². The molecule has 0 aliphatic carbocycles. The van der Waals surface area contributed by atoms with Crippen LogP contribution in [-0.2, 0) is 0 Å². The Hall–Kier alpha value is -3.80. The maximum absolute atomic E-state index is 10.2. The van der Waals surface area contributed by atoms with Gasteiger partial charge in [0.2, 0.25) is 0 Å². The molecule has 4 aromatic carbocycles. The largest absolute Gasteiger partial charge is 0.346 e. The van der Waals surface area contributed by atoms with Crippen molar-refractivity contribution in [3.8, 4) is 0 Å². The fourth-order valence-corrected chi connectivity index (χ4v) is 2.66. The maximum Gasteiger partial charge on any atom is 0.346 e. The molecule has 0 amide bonds. The Morgan fingerprint density at radius 3 is 1.04 bits per heavy atom. The molecule has 26 heavy (non-hydrogen) atoms. The predicted molar refractivity (Wildman–Crippen MR) is 101 cm³/mol. The van der Waals surface area contributed by atoms with Crippen LogP contribution < -0.4 is 0 Å². The van der Waals surface area contributed by atoms with E-state index in [1.807, 2.05) is 0 Å². The van der Waals surface area contributed by atoms with Crippen LogP contribution in [0.15, 0.2) is 84.9 Å². The first kappa shape index (κ1) is 17.0. The van der Waals surface area contributed by atoms with E-state index in [1.165, 1.54) is 33.7 Å². The summed E-state index contributed by atoms with van der Waals surface area (Å²) in [4.78, 5) is 18.9. The van der Waals surface area contributed by atoms with Gasteiger partial charge in [-0.25, -0.2) is 0 Å². The zero-order valence-corrected chi connectivity index (χ0v) is 13.6. The van der Waals surface area contributed by atoms with Crippen LogP contribution in [0.25, 0.3) is 21.5 Å². The average molecular weight is 346 g/mol. The molecule has 0 saturated heterocycles. The van der Waals surface area contributed by atoms with Crippen molar-refractivity contribution in [2.75, 3.05) is 0 Å². The van der Waals surface area contributed by atoms with Crippen LogP contribution >= 0.6 is 0 Å². The monoisotopic (exact) mass is 346 g/mol. The highest BCUT2D eigenvalue weighted by atomic mass is 16.6. The summed E-state index contributed by atoms with van der Waals surface area (Å²) in [5, 5.41) is 25.7. The van der Waals surface area contributed by atoms with E-state index >= 15 is 0 Å². The number of hydrogen-bond acceptors (Lipinski definition) is 4. The number of nitro benzene ring substituents is 2. The lowest BCUT2D eigenvalue weighted by Gasteiger charge is -2.00. The van der Waals surface area contributed by atoms with Crippen molar-refractivity contribution in [1.82, 2.24) is 0 Å². The summed E-state index contributed by atoms with van der Waals surface area (Å²) in [5.74, 6) is 0. The topological polar surface area (TPSA) is 86.3 Å². The average Bonchev–Trinajstić information content (AvgIpc) is 2.66. The van der Waals surface area contributed by atoms with Gasteiger partial charge >= 0.3 is 11.4 Å². The third kappa shape index (κ3) is 3.64. The van der Waals surface area contributed by atoms with E-state index in [1.54, 1.807) is 0 Å². The fourth-order valence-electron chi connectivity index (χ4n) is 2.66. The molecule has 0 bridgehead atoms. The van der Waals surface area contributed by atoms with Gasteiger partial charge < -0.3 is 0 Å². The summed E-state index contributed by atoms with van der Waals surface area (Å²) in [6.45, 7) is 0. The van der Waals surface area contributed by atoms with E-state index in [0.29, 0.717) is 0 Å². The van der Waals surface area contributed by atoms with Crippen LogP contribution in [0, 0.1) is 20.2 Å². The molecule has 0 aliphatic rings. The summed E-state index contributed by atoms with van der Waals surface area (Å²) in [6, 6.07) is 26.4. The van der Waals surface area contributed by atoms with Crippen LogP contribution in [0.1, 0.15) is 0 Å². The fraction of sp³-hybridized carbons (Fsp3) is 0. The molecule has 0 spiro atoms. The van der Waals surface area contributed by atoms with Crippen LogP contribution in [0.4, 0.5) is 11.4 Å². The molecule has 0 aromatic heterocycles. The second kappa shape index (κ2) is 7.40. The van der Waals surface area contributed by atoms with E-state index in [2.05, 4.69) is 60.7 Å². The molecule has 128 valence electrons. The van der Waals surface area contributed by atoms with Gasteiger partial charge in [0.15, 0.2) is 0 Å². The number of nitro groups is 2. The van der Waals surface area contributed by atoms with Crippen molar-refractivity contribution in [2.45, 2.75) is 0 Å². The minimum absolute atomic E-state index is 0.484. The van der Waals surface area contributed by atoms with E-state index in [4.69, 9.17) is 0 Å². The smallest absolute Gasteiger partial charge is 0.258 e. The highest BCUT2D eigenvalue weighted by molar-refractivity contribution is 5.98. The third-order valence-electron chi connectivity index (χ3n) is 3.89. The van der Waals surface area contributed by atoms with Crippen molar-refractivity contribution < 1.29 is 9.85 Å². The first-order chi connectivity index (χ1) is 12.6. The number of rotatable bonds is 2. The lowest BCUT2D eigenvalue weighted by Crippen LogP contribution is -1.95. The van der Waals surface area contributed by atoms with Crippen LogP contribution in [0.3, 0.4) is 0 Å². The molecule has 6 heteroatoms. The van der Waals surface area contributed by atoms with Gasteiger partial charge in [-0.1, -0.05) is 60.7 Å². The Kier molecular flexibility index (Phi) is 4.85. The van der Waals surface area contributed by atoms with Crippen molar-refractivity contribution >= 4 is 32.9 Å². The van der Waals surface area contributed by atoms with Gasteiger partial charge in [-0.05, 0) is 33.7 Å². The Morgan fingerprint density at radius 2 is 0.769 bits per heavy atom. The Labute approximate surface area is 148 Å². The molecule has 0 fully saturated rings. The van der Waals surface area contributed by atoms with Gasteiger partial charge in [0.1, 0.15) is 0 Å². The van der Waals surface area contributed by atoms with Gasteiger partial charge in [0.05, 0.1) is 9.85 Å². The minimum atomic E-state index is -0.780. The number of benzene rings is 4. The van der Waals surface area contributed by atoms with Gasteiger partial charge in [-0.2, -0.15) is 0 Å². The lowest BCUT2D eigenvalue weighted by molar-refractivity contribution is -0.422. The summed E-state index contributed by atoms with van der Waals surface area (Å²) in [7, 11) is 0. The summed E-state index contributed by atoms with van der Waals surface area (Å²) in [6.07, 6.45) is 0. The zero-order chi connectivity index (χ0) is 18.5. The molecular weight excluding hydrogens is 332 g/mol. The second-order valence-electron chi connectivity index (χ2n) is 5.55. The van der Waals surface area contributed by atoms with E-state index in [-0.39, 0.29) is 0 Å². The molecule has 0 aliphatic heterocycles. The summed E-state index contributed by atoms with van der Waals surface area (Å²) < 4.78 is 0. The molecule has 0 unspecified atom stereocenters. The quantitative estimate of drug-likeness (QED) is 0.272. The molecule has 4 aromatic rings.